The third-order valence-electron chi connectivity index (χ3n) is 3.45. The molecule has 3 rings (SSSR count). The van der Waals surface area contributed by atoms with E-state index in [0.717, 1.165) is 6.42 Å². The number of hydrogen-bond donors (Lipinski definition) is 1. The molecule has 2 N–H and O–H groups in total. The largest absolute Gasteiger partial charge is 0.324 e. The molecule has 0 aliphatic rings. The van der Waals surface area contributed by atoms with Gasteiger partial charge in [0, 0.05) is 10.7 Å². The molecule has 0 radical (unpaired) electrons. The van der Waals surface area contributed by atoms with E-state index >= 15 is 0 Å². The van der Waals surface area contributed by atoms with Gasteiger partial charge in [-0.25, -0.2) is 0 Å². The lowest BCUT2D eigenvalue weighted by Gasteiger charge is -2.11. The molecule has 19 heavy (non-hydrogen) atoms. The van der Waals surface area contributed by atoms with Crippen LogP contribution in [-0.4, -0.2) is 0 Å². The lowest BCUT2D eigenvalue weighted by Crippen LogP contribution is -2.12. The van der Waals surface area contributed by atoms with Crippen molar-refractivity contribution in [3.8, 4) is 0 Å². The maximum absolute atomic E-state index is 6.39. The molecule has 0 aliphatic heterocycles. The van der Waals surface area contributed by atoms with Crippen molar-refractivity contribution in [3.63, 3.8) is 0 Å². The maximum atomic E-state index is 6.39. The Balaban J connectivity index is 1.90. The normalized spacial score (nSPS) is 12.7. The minimum absolute atomic E-state index is 0.0675. The topological polar surface area (TPSA) is 26.0 Å². The standard InChI is InChI=1S/C17H17NS/c1-12-5-4-6-13(9-12)10-16(18)15-11-19-17-8-3-2-7-14(15)17/h2-9,11,16H,10,18H2,1H3. The van der Waals surface area contributed by atoms with E-state index in [9.17, 15) is 0 Å². The van der Waals surface area contributed by atoms with Crippen LogP contribution in [0.2, 0.25) is 0 Å². The first-order chi connectivity index (χ1) is 9.24. The first-order valence-electron chi connectivity index (χ1n) is 6.51. The molecule has 1 heterocycles. The van der Waals surface area contributed by atoms with E-state index < -0.39 is 0 Å². The summed E-state index contributed by atoms with van der Waals surface area (Å²) in [5.74, 6) is 0. The summed E-state index contributed by atoms with van der Waals surface area (Å²) in [5.41, 5.74) is 10.3. The van der Waals surface area contributed by atoms with Gasteiger partial charge in [0.15, 0.2) is 0 Å². The third-order valence-corrected chi connectivity index (χ3v) is 4.43. The fourth-order valence-electron chi connectivity index (χ4n) is 2.49. The van der Waals surface area contributed by atoms with Gasteiger partial charge in [-0.2, -0.15) is 0 Å². The molecule has 0 fully saturated rings. The summed E-state index contributed by atoms with van der Waals surface area (Å²) in [6.07, 6.45) is 0.891. The quantitative estimate of drug-likeness (QED) is 0.745. The summed E-state index contributed by atoms with van der Waals surface area (Å²) in [5, 5.41) is 3.50. The molecule has 3 aromatic rings. The summed E-state index contributed by atoms with van der Waals surface area (Å²) in [6, 6.07) is 17.1. The molecular weight excluding hydrogens is 250 g/mol. The van der Waals surface area contributed by atoms with E-state index in [1.165, 1.54) is 26.8 Å². The minimum atomic E-state index is 0.0675. The van der Waals surface area contributed by atoms with Crippen molar-refractivity contribution >= 4 is 21.4 Å². The Morgan fingerprint density at radius 2 is 1.95 bits per heavy atom. The molecule has 0 spiro atoms. The molecule has 1 atom stereocenters. The van der Waals surface area contributed by atoms with Crippen LogP contribution in [0.3, 0.4) is 0 Å². The van der Waals surface area contributed by atoms with Gasteiger partial charge >= 0.3 is 0 Å². The third kappa shape index (κ3) is 2.55. The van der Waals surface area contributed by atoms with Crippen molar-refractivity contribution in [2.45, 2.75) is 19.4 Å². The van der Waals surface area contributed by atoms with Gasteiger partial charge < -0.3 is 5.73 Å². The number of fused-ring (bicyclic) bond motifs is 1. The highest BCUT2D eigenvalue weighted by molar-refractivity contribution is 7.17. The Bertz CT molecular complexity index is 699. The van der Waals surface area contributed by atoms with Crippen LogP contribution in [0.5, 0.6) is 0 Å². The molecule has 1 unspecified atom stereocenters. The van der Waals surface area contributed by atoms with Crippen LogP contribution in [-0.2, 0) is 6.42 Å². The molecule has 2 aromatic carbocycles. The van der Waals surface area contributed by atoms with Crippen LogP contribution < -0.4 is 5.73 Å². The van der Waals surface area contributed by atoms with Crippen LogP contribution in [0.15, 0.2) is 53.9 Å². The van der Waals surface area contributed by atoms with E-state index in [1.54, 1.807) is 11.3 Å². The fourth-order valence-corrected chi connectivity index (χ4v) is 3.51. The molecule has 0 saturated heterocycles. The van der Waals surface area contributed by atoms with Crippen LogP contribution in [0.4, 0.5) is 0 Å². The number of nitrogens with two attached hydrogens (primary N) is 1. The summed E-state index contributed by atoms with van der Waals surface area (Å²) in [4.78, 5) is 0. The van der Waals surface area contributed by atoms with Gasteiger partial charge in [0.2, 0.25) is 0 Å². The van der Waals surface area contributed by atoms with E-state index in [1.807, 2.05) is 0 Å². The Hall–Kier alpha value is -1.64. The van der Waals surface area contributed by atoms with E-state index in [4.69, 9.17) is 5.73 Å². The lowest BCUT2D eigenvalue weighted by molar-refractivity contribution is 0.730. The summed E-state index contributed by atoms with van der Waals surface area (Å²) >= 11 is 1.78. The number of rotatable bonds is 3. The van der Waals surface area contributed by atoms with Crippen molar-refractivity contribution in [1.29, 1.82) is 0 Å². The van der Waals surface area contributed by atoms with Crippen molar-refractivity contribution in [1.82, 2.24) is 0 Å². The number of aryl methyl sites for hydroxylation is 1. The van der Waals surface area contributed by atoms with Crippen LogP contribution in [0.25, 0.3) is 10.1 Å². The van der Waals surface area contributed by atoms with Gasteiger partial charge in [0.1, 0.15) is 0 Å². The molecule has 0 aliphatic carbocycles. The molecule has 0 bridgehead atoms. The van der Waals surface area contributed by atoms with E-state index in [0.29, 0.717) is 0 Å². The first kappa shape index (κ1) is 12.4. The smallest absolute Gasteiger partial charge is 0.0350 e. The van der Waals surface area contributed by atoms with Gasteiger partial charge in [-0.3, -0.25) is 0 Å². The molecule has 0 amide bonds. The van der Waals surface area contributed by atoms with Crippen molar-refractivity contribution in [2.75, 3.05) is 0 Å². The van der Waals surface area contributed by atoms with Gasteiger partial charge in [-0.1, -0.05) is 48.0 Å². The molecule has 0 saturated carbocycles. The highest BCUT2D eigenvalue weighted by atomic mass is 32.1. The molecule has 1 aromatic heterocycles. The summed E-state index contributed by atoms with van der Waals surface area (Å²) < 4.78 is 1.32. The van der Waals surface area contributed by atoms with Crippen molar-refractivity contribution in [3.05, 3.63) is 70.6 Å². The lowest BCUT2D eigenvalue weighted by atomic mass is 9.98. The van der Waals surface area contributed by atoms with Crippen molar-refractivity contribution < 1.29 is 0 Å². The molecule has 1 nitrogen and oxygen atoms in total. The van der Waals surface area contributed by atoms with E-state index in [-0.39, 0.29) is 6.04 Å². The Kier molecular flexibility index (Phi) is 3.36. The van der Waals surface area contributed by atoms with Gasteiger partial charge in [0.25, 0.3) is 0 Å². The minimum Gasteiger partial charge on any atom is -0.324 e. The second-order valence-electron chi connectivity index (χ2n) is 4.99. The zero-order chi connectivity index (χ0) is 13.2. The second-order valence-corrected chi connectivity index (χ2v) is 5.90. The Morgan fingerprint density at radius 3 is 2.79 bits per heavy atom. The highest BCUT2D eigenvalue weighted by Gasteiger charge is 2.12. The number of hydrogen-bond acceptors (Lipinski definition) is 2. The molecular formula is C17H17NS. The first-order valence-corrected chi connectivity index (χ1v) is 7.39. The van der Waals surface area contributed by atoms with Crippen LogP contribution in [0, 0.1) is 6.92 Å². The summed E-state index contributed by atoms with van der Waals surface area (Å²) in [6.45, 7) is 2.12. The van der Waals surface area contributed by atoms with Crippen molar-refractivity contribution in [2.24, 2.45) is 5.73 Å². The Labute approximate surface area is 117 Å². The monoisotopic (exact) mass is 267 g/mol. The maximum Gasteiger partial charge on any atom is 0.0350 e. The second kappa shape index (κ2) is 5.16. The number of benzene rings is 2. The van der Waals surface area contributed by atoms with E-state index in [2.05, 4.69) is 60.8 Å². The Morgan fingerprint density at radius 1 is 1.11 bits per heavy atom. The predicted molar refractivity (Wildman–Crippen MR) is 83.6 cm³/mol. The zero-order valence-electron chi connectivity index (χ0n) is 11.0. The van der Waals surface area contributed by atoms with Crippen LogP contribution >= 0.6 is 11.3 Å². The van der Waals surface area contributed by atoms with Gasteiger partial charge in [0.05, 0.1) is 0 Å². The fraction of sp³-hybridized carbons (Fsp3) is 0.176. The SMILES string of the molecule is Cc1cccc(CC(N)c2csc3ccccc23)c1. The average Bonchev–Trinajstić information content (AvgIpc) is 2.82. The molecule has 96 valence electrons. The average molecular weight is 267 g/mol. The zero-order valence-corrected chi connectivity index (χ0v) is 11.8. The van der Waals surface area contributed by atoms with Gasteiger partial charge in [-0.05, 0) is 41.3 Å². The summed E-state index contributed by atoms with van der Waals surface area (Å²) in [7, 11) is 0. The van der Waals surface area contributed by atoms with Crippen LogP contribution in [0.1, 0.15) is 22.7 Å². The number of thiophene rings is 1. The predicted octanol–water partition coefficient (Wildman–Crippen LogP) is 4.45. The van der Waals surface area contributed by atoms with Gasteiger partial charge in [-0.15, -0.1) is 11.3 Å². The highest BCUT2D eigenvalue weighted by Crippen LogP contribution is 2.30. The molecule has 2 heteroatoms.